The van der Waals surface area contributed by atoms with E-state index in [0.29, 0.717) is 6.04 Å². The molecule has 1 aliphatic rings. The molecule has 0 radical (unpaired) electrons. The van der Waals surface area contributed by atoms with Gasteiger partial charge in [-0.3, -0.25) is 9.69 Å². The molecule has 4 heteroatoms. The van der Waals surface area contributed by atoms with Crippen LogP contribution in [0.15, 0.2) is 24.3 Å². The van der Waals surface area contributed by atoms with E-state index in [9.17, 15) is 9.90 Å². The minimum absolute atomic E-state index is 0.0368. The first-order valence-electron chi connectivity index (χ1n) is 7.70. The third-order valence-electron chi connectivity index (χ3n) is 4.10. The lowest BCUT2D eigenvalue weighted by Crippen LogP contribution is -2.31. The first-order valence-corrected chi connectivity index (χ1v) is 7.70. The Balaban J connectivity index is 1.98. The van der Waals surface area contributed by atoms with Gasteiger partial charge in [0.2, 0.25) is 0 Å². The van der Waals surface area contributed by atoms with Crippen molar-refractivity contribution in [2.75, 3.05) is 20.6 Å². The van der Waals surface area contributed by atoms with Crippen molar-refractivity contribution >= 4 is 5.91 Å². The standard InChI is InChI=1S/C17H26N2O2/c1-13(20)11-16-5-4-10-19(16)12-14-6-8-15(9-7-14)17(21)18(2)3/h6-9,13,16,20H,4-5,10-12H2,1-3H3. The summed E-state index contributed by atoms with van der Waals surface area (Å²) in [7, 11) is 3.53. The van der Waals surface area contributed by atoms with Crippen molar-refractivity contribution < 1.29 is 9.90 Å². The summed E-state index contributed by atoms with van der Waals surface area (Å²) in [5.74, 6) is 0.0368. The quantitative estimate of drug-likeness (QED) is 0.903. The van der Waals surface area contributed by atoms with E-state index in [1.807, 2.05) is 31.2 Å². The minimum atomic E-state index is -0.240. The molecule has 0 aliphatic carbocycles. The third kappa shape index (κ3) is 4.29. The number of carbonyl (C=O) groups is 1. The molecule has 21 heavy (non-hydrogen) atoms. The van der Waals surface area contributed by atoms with Gasteiger partial charge < -0.3 is 10.0 Å². The fourth-order valence-corrected chi connectivity index (χ4v) is 3.01. The average Bonchev–Trinajstić information content (AvgIpc) is 2.85. The topological polar surface area (TPSA) is 43.8 Å². The SMILES string of the molecule is CC(O)CC1CCCN1Cc1ccc(C(=O)N(C)C)cc1. The van der Waals surface area contributed by atoms with Gasteiger partial charge in [-0.25, -0.2) is 0 Å². The van der Waals surface area contributed by atoms with Crippen molar-refractivity contribution in [1.29, 1.82) is 0 Å². The second-order valence-electron chi connectivity index (χ2n) is 6.25. The second kappa shape index (κ2) is 7.05. The van der Waals surface area contributed by atoms with Crippen molar-refractivity contribution in [3.8, 4) is 0 Å². The first-order chi connectivity index (χ1) is 9.97. The smallest absolute Gasteiger partial charge is 0.253 e. The number of hydrogen-bond donors (Lipinski definition) is 1. The zero-order valence-electron chi connectivity index (χ0n) is 13.2. The number of hydrogen-bond acceptors (Lipinski definition) is 3. The minimum Gasteiger partial charge on any atom is -0.393 e. The Morgan fingerprint density at radius 2 is 2.05 bits per heavy atom. The van der Waals surface area contributed by atoms with Crippen LogP contribution in [0.1, 0.15) is 42.1 Å². The molecule has 1 fully saturated rings. The van der Waals surface area contributed by atoms with Crippen molar-refractivity contribution in [2.24, 2.45) is 0 Å². The Hall–Kier alpha value is -1.39. The third-order valence-corrected chi connectivity index (χ3v) is 4.10. The van der Waals surface area contributed by atoms with Gasteiger partial charge in [-0.1, -0.05) is 12.1 Å². The van der Waals surface area contributed by atoms with E-state index in [0.717, 1.165) is 25.1 Å². The van der Waals surface area contributed by atoms with Gasteiger partial charge in [0, 0.05) is 32.2 Å². The van der Waals surface area contributed by atoms with Crippen LogP contribution >= 0.6 is 0 Å². The van der Waals surface area contributed by atoms with Gasteiger partial charge in [0.25, 0.3) is 5.91 Å². The van der Waals surface area contributed by atoms with Crippen molar-refractivity contribution in [1.82, 2.24) is 9.80 Å². The zero-order valence-corrected chi connectivity index (χ0v) is 13.2. The molecule has 0 saturated carbocycles. The Morgan fingerprint density at radius 3 is 2.62 bits per heavy atom. The predicted molar refractivity (Wildman–Crippen MR) is 84.2 cm³/mol. The molecule has 2 unspecified atom stereocenters. The second-order valence-corrected chi connectivity index (χ2v) is 6.25. The maximum absolute atomic E-state index is 11.9. The van der Waals surface area contributed by atoms with E-state index >= 15 is 0 Å². The Labute approximate surface area is 127 Å². The number of rotatable bonds is 5. The fraction of sp³-hybridized carbons (Fsp3) is 0.588. The van der Waals surface area contributed by atoms with Crippen LogP contribution in [0.3, 0.4) is 0 Å². The van der Waals surface area contributed by atoms with Gasteiger partial charge in [-0.2, -0.15) is 0 Å². The molecule has 2 rings (SSSR count). The molecule has 4 nitrogen and oxygen atoms in total. The number of likely N-dealkylation sites (tertiary alicyclic amines) is 1. The van der Waals surface area contributed by atoms with Gasteiger partial charge in [-0.15, -0.1) is 0 Å². The molecular formula is C17H26N2O2. The van der Waals surface area contributed by atoms with E-state index in [4.69, 9.17) is 0 Å². The normalized spacial score (nSPS) is 20.5. The lowest BCUT2D eigenvalue weighted by molar-refractivity contribution is 0.0827. The van der Waals surface area contributed by atoms with Crippen LogP contribution in [0.2, 0.25) is 0 Å². The lowest BCUT2D eigenvalue weighted by Gasteiger charge is -2.25. The highest BCUT2D eigenvalue weighted by atomic mass is 16.3. The molecule has 0 spiro atoms. The summed E-state index contributed by atoms with van der Waals surface area (Å²) >= 11 is 0. The summed E-state index contributed by atoms with van der Waals surface area (Å²) in [6.45, 7) is 3.85. The summed E-state index contributed by atoms with van der Waals surface area (Å²) in [5.41, 5.74) is 1.95. The number of aliphatic hydroxyl groups is 1. The molecular weight excluding hydrogens is 264 g/mol. The summed E-state index contributed by atoms with van der Waals surface area (Å²) in [4.78, 5) is 15.9. The van der Waals surface area contributed by atoms with Crippen LogP contribution in [-0.4, -0.2) is 53.6 Å². The molecule has 1 N–H and O–H groups in total. The maximum Gasteiger partial charge on any atom is 0.253 e. The van der Waals surface area contributed by atoms with E-state index < -0.39 is 0 Å². The molecule has 1 aromatic rings. The number of amides is 1. The van der Waals surface area contributed by atoms with Crippen LogP contribution in [0.25, 0.3) is 0 Å². The summed E-state index contributed by atoms with van der Waals surface area (Å²) < 4.78 is 0. The Bertz CT molecular complexity index is 468. The molecule has 0 aromatic heterocycles. The van der Waals surface area contributed by atoms with Crippen LogP contribution in [0.4, 0.5) is 0 Å². The summed E-state index contributed by atoms with van der Waals surface area (Å²) in [5, 5.41) is 9.58. The molecule has 1 aliphatic heterocycles. The highest BCUT2D eigenvalue weighted by Crippen LogP contribution is 2.23. The highest BCUT2D eigenvalue weighted by molar-refractivity contribution is 5.93. The largest absolute Gasteiger partial charge is 0.393 e. The molecule has 1 aromatic carbocycles. The lowest BCUT2D eigenvalue weighted by atomic mass is 10.1. The average molecular weight is 290 g/mol. The molecule has 2 atom stereocenters. The Morgan fingerprint density at radius 1 is 1.38 bits per heavy atom. The fourth-order valence-electron chi connectivity index (χ4n) is 3.01. The number of benzene rings is 1. The molecule has 0 bridgehead atoms. The number of aliphatic hydroxyl groups excluding tert-OH is 1. The Kier molecular flexibility index (Phi) is 5.37. The molecule has 1 heterocycles. The molecule has 116 valence electrons. The highest BCUT2D eigenvalue weighted by Gasteiger charge is 2.25. The van der Waals surface area contributed by atoms with E-state index in [1.165, 1.54) is 18.4 Å². The van der Waals surface area contributed by atoms with Crippen molar-refractivity contribution in [2.45, 2.75) is 44.9 Å². The van der Waals surface area contributed by atoms with E-state index in [-0.39, 0.29) is 12.0 Å². The van der Waals surface area contributed by atoms with Crippen LogP contribution in [0, 0.1) is 0 Å². The predicted octanol–water partition coefficient (Wildman–Crippen LogP) is 2.12. The van der Waals surface area contributed by atoms with Gasteiger partial charge in [0.05, 0.1) is 6.10 Å². The maximum atomic E-state index is 11.9. The van der Waals surface area contributed by atoms with Crippen molar-refractivity contribution in [3.63, 3.8) is 0 Å². The number of nitrogens with zero attached hydrogens (tertiary/aromatic N) is 2. The molecule has 1 saturated heterocycles. The van der Waals surface area contributed by atoms with E-state index in [2.05, 4.69) is 4.90 Å². The van der Waals surface area contributed by atoms with Gasteiger partial charge in [0.1, 0.15) is 0 Å². The summed E-state index contributed by atoms with van der Waals surface area (Å²) in [6.07, 6.45) is 2.98. The van der Waals surface area contributed by atoms with Crippen molar-refractivity contribution in [3.05, 3.63) is 35.4 Å². The van der Waals surface area contributed by atoms with E-state index in [1.54, 1.807) is 19.0 Å². The van der Waals surface area contributed by atoms with Crippen LogP contribution in [-0.2, 0) is 6.54 Å². The van der Waals surface area contributed by atoms with Crippen LogP contribution in [0.5, 0.6) is 0 Å². The van der Waals surface area contributed by atoms with Gasteiger partial charge in [-0.05, 0) is 50.4 Å². The summed E-state index contributed by atoms with van der Waals surface area (Å²) in [6, 6.07) is 8.35. The monoisotopic (exact) mass is 290 g/mol. The first kappa shape index (κ1) is 16.0. The van der Waals surface area contributed by atoms with Gasteiger partial charge >= 0.3 is 0 Å². The van der Waals surface area contributed by atoms with Gasteiger partial charge in [0.15, 0.2) is 0 Å². The van der Waals surface area contributed by atoms with Crippen LogP contribution < -0.4 is 0 Å². The zero-order chi connectivity index (χ0) is 15.4. The number of carbonyl (C=O) groups excluding carboxylic acids is 1. The molecule has 1 amide bonds.